The molecule has 2 aromatic heterocycles. The number of primary amides is 1. The molecule has 72 valence electrons. The molecule has 2 rings (SSSR count). The van der Waals surface area contributed by atoms with E-state index >= 15 is 0 Å². The van der Waals surface area contributed by atoms with Crippen LogP contribution in [0, 0.1) is 0 Å². The highest BCUT2D eigenvalue weighted by molar-refractivity contribution is 5.88. The Hall–Kier alpha value is -2.24. The largest absolute Gasteiger partial charge is 0.368 e. The SMILES string of the molecule is NC(=O)c1ncncn1.c1cc[nH]c1. The van der Waals surface area contributed by atoms with E-state index in [0.29, 0.717) is 0 Å². The third-order valence-electron chi connectivity index (χ3n) is 1.21. The molecule has 6 heteroatoms. The third kappa shape index (κ3) is 3.44. The molecule has 0 aliphatic rings. The Kier molecular flexibility index (Phi) is 3.81. The van der Waals surface area contributed by atoms with Gasteiger partial charge >= 0.3 is 0 Å². The Morgan fingerprint density at radius 2 is 1.79 bits per heavy atom. The minimum absolute atomic E-state index is 0.00926. The highest BCUT2D eigenvalue weighted by Crippen LogP contribution is 1.79. The lowest BCUT2D eigenvalue weighted by atomic mass is 10.6. The maximum atomic E-state index is 10.3. The van der Waals surface area contributed by atoms with Crippen molar-refractivity contribution >= 4 is 5.91 Å². The Morgan fingerprint density at radius 1 is 1.21 bits per heavy atom. The van der Waals surface area contributed by atoms with Gasteiger partial charge in [0.1, 0.15) is 12.7 Å². The van der Waals surface area contributed by atoms with Gasteiger partial charge in [-0.1, -0.05) is 0 Å². The van der Waals surface area contributed by atoms with Crippen LogP contribution >= 0.6 is 0 Å². The second-order valence-electron chi connectivity index (χ2n) is 2.21. The molecule has 0 saturated heterocycles. The van der Waals surface area contributed by atoms with E-state index in [0.717, 1.165) is 0 Å². The van der Waals surface area contributed by atoms with Crippen LogP contribution in [0.25, 0.3) is 0 Å². The summed E-state index contributed by atoms with van der Waals surface area (Å²) in [4.78, 5) is 23.6. The zero-order valence-corrected chi connectivity index (χ0v) is 7.29. The van der Waals surface area contributed by atoms with Crippen molar-refractivity contribution in [2.75, 3.05) is 0 Å². The molecule has 0 aromatic carbocycles. The van der Waals surface area contributed by atoms with Crippen LogP contribution in [0.5, 0.6) is 0 Å². The Labute approximate surface area is 80.2 Å². The van der Waals surface area contributed by atoms with E-state index in [1.54, 1.807) is 0 Å². The molecule has 0 aliphatic heterocycles. The minimum Gasteiger partial charge on any atom is -0.368 e. The first-order valence-corrected chi connectivity index (χ1v) is 3.80. The number of carbonyl (C=O) groups is 1. The van der Waals surface area contributed by atoms with Crippen LogP contribution < -0.4 is 5.73 Å². The number of hydrogen-bond acceptors (Lipinski definition) is 4. The van der Waals surface area contributed by atoms with Gasteiger partial charge < -0.3 is 10.7 Å². The Morgan fingerprint density at radius 3 is 2.07 bits per heavy atom. The fourth-order valence-electron chi connectivity index (χ4n) is 0.644. The van der Waals surface area contributed by atoms with Gasteiger partial charge in [0, 0.05) is 12.4 Å². The van der Waals surface area contributed by atoms with Gasteiger partial charge in [-0.15, -0.1) is 0 Å². The average molecular weight is 191 g/mol. The molecule has 0 fully saturated rings. The maximum Gasteiger partial charge on any atom is 0.286 e. The second-order valence-corrected chi connectivity index (χ2v) is 2.21. The number of aromatic amines is 1. The molecule has 0 radical (unpaired) electrons. The summed E-state index contributed by atoms with van der Waals surface area (Å²) >= 11 is 0. The zero-order valence-electron chi connectivity index (χ0n) is 7.29. The van der Waals surface area contributed by atoms with Gasteiger partial charge in [0.15, 0.2) is 0 Å². The molecule has 0 unspecified atom stereocenters. The van der Waals surface area contributed by atoms with E-state index in [9.17, 15) is 4.79 Å². The van der Waals surface area contributed by atoms with Gasteiger partial charge in [-0.25, -0.2) is 15.0 Å². The minimum atomic E-state index is -0.641. The number of rotatable bonds is 1. The van der Waals surface area contributed by atoms with Gasteiger partial charge in [0.05, 0.1) is 0 Å². The Balaban J connectivity index is 0.000000165. The van der Waals surface area contributed by atoms with Crippen molar-refractivity contribution in [1.82, 2.24) is 19.9 Å². The average Bonchev–Trinajstić information content (AvgIpc) is 2.77. The summed E-state index contributed by atoms with van der Waals surface area (Å²) in [6, 6.07) is 3.89. The number of H-pyrrole nitrogens is 1. The summed E-state index contributed by atoms with van der Waals surface area (Å²) in [6.45, 7) is 0. The van der Waals surface area contributed by atoms with Gasteiger partial charge in [-0.3, -0.25) is 4.79 Å². The van der Waals surface area contributed by atoms with Crippen molar-refractivity contribution in [3.8, 4) is 0 Å². The van der Waals surface area contributed by atoms with E-state index in [1.165, 1.54) is 12.7 Å². The lowest BCUT2D eigenvalue weighted by Crippen LogP contribution is -2.14. The van der Waals surface area contributed by atoms with E-state index in [4.69, 9.17) is 5.73 Å². The molecular formula is C8H9N5O. The molecule has 0 atom stereocenters. The van der Waals surface area contributed by atoms with Gasteiger partial charge in [0.25, 0.3) is 5.91 Å². The zero-order chi connectivity index (χ0) is 10.2. The van der Waals surface area contributed by atoms with Crippen LogP contribution in [0.15, 0.2) is 37.2 Å². The highest BCUT2D eigenvalue weighted by Gasteiger charge is 1.98. The standard InChI is InChI=1S/C4H4N4O.C4H5N/c5-3(9)4-7-1-6-2-8-4;1-2-4-5-3-1/h1-2H,(H2,5,9);1-5H. The lowest BCUT2D eigenvalue weighted by Gasteiger charge is -1.86. The van der Waals surface area contributed by atoms with Crippen LogP contribution in [-0.2, 0) is 0 Å². The number of nitrogens with zero attached hydrogens (tertiary/aromatic N) is 3. The summed E-state index contributed by atoms with van der Waals surface area (Å²) in [5, 5.41) is 0. The lowest BCUT2D eigenvalue weighted by molar-refractivity contribution is 0.0990. The molecule has 2 aromatic rings. The molecule has 0 bridgehead atoms. The van der Waals surface area contributed by atoms with E-state index < -0.39 is 5.91 Å². The summed E-state index contributed by atoms with van der Waals surface area (Å²) in [5.41, 5.74) is 4.82. The molecular weight excluding hydrogens is 182 g/mol. The quantitative estimate of drug-likeness (QED) is 0.662. The van der Waals surface area contributed by atoms with Crippen LogP contribution in [0.1, 0.15) is 10.6 Å². The summed E-state index contributed by atoms with van der Waals surface area (Å²) in [5.74, 6) is -0.651. The topological polar surface area (TPSA) is 97.6 Å². The van der Waals surface area contributed by atoms with Crippen molar-refractivity contribution in [2.45, 2.75) is 0 Å². The highest BCUT2D eigenvalue weighted by atomic mass is 16.1. The second kappa shape index (κ2) is 5.41. The van der Waals surface area contributed by atoms with E-state index in [1.807, 2.05) is 24.5 Å². The molecule has 0 spiro atoms. The van der Waals surface area contributed by atoms with Crippen molar-refractivity contribution in [1.29, 1.82) is 0 Å². The number of nitrogens with one attached hydrogen (secondary N) is 1. The molecule has 3 N–H and O–H groups in total. The first-order valence-electron chi connectivity index (χ1n) is 3.80. The molecule has 14 heavy (non-hydrogen) atoms. The van der Waals surface area contributed by atoms with Gasteiger partial charge in [0.2, 0.25) is 5.82 Å². The number of carbonyl (C=O) groups excluding carboxylic acids is 1. The normalized spacial score (nSPS) is 8.57. The van der Waals surface area contributed by atoms with Gasteiger partial charge in [-0.05, 0) is 12.1 Å². The van der Waals surface area contributed by atoms with Gasteiger partial charge in [-0.2, -0.15) is 0 Å². The molecule has 6 nitrogen and oxygen atoms in total. The molecule has 0 aliphatic carbocycles. The predicted octanol–water partition coefficient (Wildman–Crippen LogP) is -0.0148. The predicted molar refractivity (Wildman–Crippen MR) is 49.1 cm³/mol. The van der Waals surface area contributed by atoms with Crippen LogP contribution in [0.2, 0.25) is 0 Å². The molecule has 2 heterocycles. The maximum absolute atomic E-state index is 10.3. The summed E-state index contributed by atoms with van der Waals surface area (Å²) in [6.07, 6.45) is 6.18. The number of aromatic nitrogens is 4. The molecule has 0 saturated carbocycles. The van der Waals surface area contributed by atoms with Crippen molar-refractivity contribution in [2.24, 2.45) is 5.73 Å². The number of amides is 1. The summed E-state index contributed by atoms with van der Waals surface area (Å²) < 4.78 is 0. The van der Waals surface area contributed by atoms with E-state index in [2.05, 4.69) is 19.9 Å². The van der Waals surface area contributed by atoms with Crippen molar-refractivity contribution in [3.05, 3.63) is 43.0 Å². The Bertz CT molecular complexity index is 341. The summed E-state index contributed by atoms with van der Waals surface area (Å²) in [7, 11) is 0. The smallest absolute Gasteiger partial charge is 0.286 e. The first-order chi connectivity index (χ1) is 6.80. The van der Waals surface area contributed by atoms with Crippen molar-refractivity contribution < 1.29 is 4.79 Å². The van der Waals surface area contributed by atoms with Crippen LogP contribution in [0.3, 0.4) is 0 Å². The van der Waals surface area contributed by atoms with Crippen molar-refractivity contribution in [3.63, 3.8) is 0 Å². The van der Waals surface area contributed by atoms with Crippen LogP contribution in [-0.4, -0.2) is 25.8 Å². The first kappa shape index (κ1) is 9.85. The molecule has 1 amide bonds. The fourth-order valence-corrected chi connectivity index (χ4v) is 0.644. The van der Waals surface area contributed by atoms with E-state index in [-0.39, 0.29) is 5.82 Å². The number of hydrogen-bond donors (Lipinski definition) is 2. The number of nitrogens with two attached hydrogens (primary N) is 1. The fraction of sp³-hybridized carbons (Fsp3) is 0. The monoisotopic (exact) mass is 191 g/mol. The third-order valence-corrected chi connectivity index (χ3v) is 1.21. The van der Waals surface area contributed by atoms with Crippen LogP contribution in [0.4, 0.5) is 0 Å².